The SMILES string of the molecule is CCCCC(Br)c1cc(C)ccc1OCC. The summed E-state index contributed by atoms with van der Waals surface area (Å²) in [5.74, 6) is 1.02. The van der Waals surface area contributed by atoms with E-state index in [0.29, 0.717) is 4.83 Å². The Balaban J connectivity index is 2.85. The molecule has 90 valence electrons. The Morgan fingerprint density at radius 3 is 2.69 bits per heavy atom. The number of alkyl halides is 1. The van der Waals surface area contributed by atoms with Crippen LogP contribution < -0.4 is 4.74 Å². The Kier molecular flexibility index (Phi) is 5.89. The zero-order valence-corrected chi connectivity index (χ0v) is 12.0. The van der Waals surface area contributed by atoms with Crippen LogP contribution in [0.25, 0.3) is 0 Å². The van der Waals surface area contributed by atoms with Crippen molar-refractivity contribution in [1.82, 2.24) is 0 Å². The highest BCUT2D eigenvalue weighted by molar-refractivity contribution is 9.09. The number of rotatable bonds is 6. The molecule has 1 aromatic rings. The van der Waals surface area contributed by atoms with Crippen LogP contribution in [0, 0.1) is 6.92 Å². The highest BCUT2D eigenvalue weighted by Gasteiger charge is 2.12. The number of unbranched alkanes of at least 4 members (excludes halogenated alkanes) is 1. The van der Waals surface area contributed by atoms with Gasteiger partial charge in [0, 0.05) is 10.4 Å². The van der Waals surface area contributed by atoms with Gasteiger partial charge in [0.05, 0.1) is 6.61 Å². The van der Waals surface area contributed by atoms with E-state index in [1.807, 2.05) is 6.92 Å². The van der Waals surface area contributed by atoms with Crippen LogP contribution in [-0.4, -0.2) is 6.61 Å². The van der Waals surface area contributed by atoms with Crippen LogP contribution in [0.5, 0.6) is 5.75 Å². The van der Waals surface area contributed by atoms with Crippen LogP contribution in [0.3, 0.4) is 0 Å². The van der Waals surface area contributed by atoms with E-state index in [4.69, 9.17) is 4.74 Å². The van der Waals surface area contributed by atoms with Crippen molar-refractivity contribution in [1.29, 1.82) is 0 Å². The van der Waals surface area contributed by atoms with Crippen LogP contribution >= 0.6 is 15.9 Å². The normalized spacial score (nSPS) is 12.5. The second-order valence-corrected chi connectivity index (χ2v) is 5.19. The zero-order chi connectivity index (χ0) is 12.0. The van der Waals surface area contributed by atoms with Crippen LogP contribution in [0.15, 0.2) is 18.2 Å². The van der Waals surface area contributed by atoms with Crippen molar-refractivity contribution in [3.05, 3.63) is 29.3 Å². The van der Waals surface area contributed by atoms with E-state index in [9.17, 15) is 0 Å². The van der Waals surface area contributed by atoms with Gasteiger partial charge in [0.1, 0.15) is 5.75 Å². The van der Waals surface area contributed by atoms with Crippen LogP contribution in [0.2, 0.25) is 0 Å². The van der Waals surface area contributed by atoms with E-state index in [1.54, 1.807) is 0 Å². The average molecular weight is 285 g/mol. The van der Waals surface area contributed by atoms with E-state index in [-0.39, 0.29) is 0 Å². The molecule has 0 saturated heterocycles. The van der Waals surface area contributed by atoms with Crippen molar-refractivity contribution in [2.75, 3.05) is 6.61 Å². The second-order valence-electron chi connectivity index (χ2n) is 4.08. The standard InChI is InChI=1S/C14H21BrO/c1-4-6-7-13(15)12-10-11(3)8-9-14(12)16-5-2/h8-10,13H,4-7H2,1-3H3. The van der Waals surface area contributed by atoms with Crippen molar-refractivity contribution in [3.8, 4) is 5.75 Å². The number of hydrogen-bond donors (Lipinski definition) is 0. The molecule has 2 heteroatoms. The van der Waals surface area contributed by atoms with Gasteiger partial charge in [-0.3, -0.25) is 0 Å². The van der Waals surface area contributed by atoms with Gasteiger partial charge < -0.3 is 4.74 Å². The number of hydrogen-bond acceptors (Lipinski definition) is 1. The van der Waals surface area contributed by atoms with Crippen molar-refractivity contribution in [2.24, 2.45) is 0 Å². The lowest BCUT2D eigenvalue weighted by molar-refractivity contribution is 0.336. The molecule has 1 atom stereocenters. The minimum absolute atomic E-state index is 0.411. The molecule has 0 radical (unpaired) electrons. The van der Waals surface area contributed by atoms with Gasteiger partial charge in [-0.1, -0.05) is 53.4 Å². The zero-order valence-electron chi connectivity index (χ0n) is 10.4. The van der Waals surface area contributed by atoms with Crippen LogP contribution in [0.4, 0.5) is 0 Å². The largest absolute Gasteiger partial charge is 0.494 e. The van der Waals surface area contributed by atoms with Crippen molar-refractivity contribution < 1.29 is 4.74 Å². The molecule has 1 unspecified atom stereocenters. The summed E-state index contributed by atoms with van der Waals surface area (Å²) in [4.78, 5) is 0.411. The van der Waals surface area contributed by atoms with Gasteiger partial charge in [-0.25, -0.2) is 0 Å². The van der Waals surface area contributed by atoms with Crippen molar-refractivity contribution >= 4 is 15.9 Å². The topological polar surface area (TPSA) is 9.23 Å². The van der Waals surface area contributed by atoms with Crippen LogP contribution in [0.1, 0.15) is 49.1 Å². The van der Waals surface area contributed by atoms with Gasteiger partial charge in [0.25, 0.3) is 0 Å². The fraction of sp³-hybridized carbons (Fsp3) is 0.571. The predicted molar refractivity (Wildman–Crippen MR) is 73.5 cm³/mol. The lowest BCUT2D eigenvalue weighted by atomic mass is 10.0. The third kappa shape index (κ3) is 3.82. The molecule has 0 fully saturated rings. The minimum atomic E-state index is 0.411. The molecule has 0 aromatic heterocycles. The van der Waals surface area contributed by atoms with Gasteiger partial charge in [0.2, 0.25) is 0 Å². The molecule has 1 rings (SSSR count). The Morgan fingerprint density at radius 1 is 1.31 bits per heavy atom. The predicted octanol–water partition coefficient (Wildman–Crippen LogP) is 5.02. The van der Waals surface area contributed by atoms with E-state index in [2.05, 4.69) is 48.0 Å². The molecule has 0 spiro atoms. The number of aryl methyl sites for hydroxylation is 1. The maximum absolute atomic E-state index is 5.66. The summed E-state index contributed by atoms with van der Waals surface area (Å²) in [6.07, 6.45) is 3.65. The van der Waals surface area contributed by atoms with Gasteiger partial charge in [-0.05, 0) is 26.3 Å². The summed E-state index contributed by atoms with van der Waals surface area (Å²) in [6.45, 7) is 7.10. The molecule has 0 aliphatic carbocycles. The van der Waals surface area contributed by atoms with Gasteiger partial charge in [-0.2, -0.15) is 0 Å². The molecule has 0 saturated carbocycles. The molecule has 0 aliphatic rings. The molecule has 1 nitrogen and oxygen atoms in total. The molecule has 0 N–H and O–H groups in total. The number of halogens is 1. The molecule has 0 bridgehead atoms. The van der Waals surface area contributed by atoms with E-state index in [1.165, 1.54) is 30.4 Å². The smallest absolute Gasteiger partial charge is 0.123 e. The number of ether oxygens (including phenoxy) is 1. The summed E-state index contributed by atoms with van der Waals surface area (Å²) in [5.41, 5.74) is 2.58. The Hall–Kier alpha value is -0.500. The molecule has 0 heterocycles. The monoisotopic (exact) mass is 284 g/mol. The average Bonchev–Trinajstić information content (AvgIpc) is 2.28. The first kappa shape index (κ1) is 13.6. The third-order valence-electron chi connectivity index (χ3n) is 2.61. The highest BCUT2D eigenvalue weighted by atomic mass is 79.9. The lowest BCUT2D eigenvalue weighted by Gasteiger charge is -2.15. The first-order valence-corrected chi connectivity index (χ1v) is 6.98. The van der Waals surface area contributed by atoms with E-state index >= 15 is 0 Å². The molecular weight excluding hydrogens is 264 g/mol. The first-order valence-electron chi connectivity index (χ1n) is 6.06. The van der Waals surface area contributed by atoms with Gasteiger partial charge >= 0.3 is 0 Å². The molecular formula is C14H21BrO. The molecule has 16 heavy (non-hydrogen) atoms. The molecule has 0 aliphatic heterocycles. The minimum Gasteiger partial charge on any atom is -0.494 e. The fourth-order valence-corrected chi connectivity index (χ4v) is 2.42. The van der Waals surface area contributed by atoms with E-state index < -0.39 is 0 Å². The first-order chi connectivity index (χ1) is 7.69. The summed E-state index contributed by atoms with van der Waals surface area (Å²) in [6, 6.07) is 6.41. The maximum atomic E-state index is 5.66. The van der Waals surface area contributed by atoms with Crippen LogP contribution in [-0.2, 0) is 0 Å². The molecule has 1 aromatic carbocycles. The van der Waals surface area contributed by atoms with Crippen molar-refractivity contribution in [2.45, 2.75) is 44.9 Å². The van der Waals surface area contributed by atoms with Crippen molar-refractivity contribution in [3.63, 3.8) is 0 Å². The summed E-state index contributed by atoms with van der Waals surface area (Å²) in [7, 11) is 0. The van der Waals surface area contributed by atoms with Gasteiger partial charge in [0.15, 0.2) is 0 Å². The Bertz CT molecular complexity index is 323. The Labute approximate surface area is 107 Å². The quantitative estimate of drug-likeness (QED) is 0.667. The second kappa shape index (κ2) is 6.95. The summed E-state index contributed by atoms with van der Waals surface area (Å²) in [5, 5.41) is 0. The lowest BCUT2D eigenvalue weighted by Crippen LogP contribution is -1.99. The van der Waals surface area contributed by atoms with E-state index in [0.717, 1.165) is 12.4 Å². The maximum Gasteiger partial charge on any atom is 0.123 e. The highest BCUT2D eigenvalue weighted by Crippen LogP contribution is 2.35. The fourth-order valence-electron chi connectivity index (χ4n) is 1.74. The van der Waals surface area contributed by atoms with Gasteiger partial charge in [-0.15, -0.1) is 0 Å². The summed E-state index contributed by atoms with van der Waals surface area (Å²) >= 11 is 3.76. The Morgan fingerprint density at radius 2 is 2.06 bits per heavy atom. The summed E-state index contributed by atoms with van der Waals surface area (Å²) < 4.78 is 5.66. The number of benzene rings is 1. The molecule has 0 amide bonds. The third-order valence-corrected chi connectivity index (χ3v) is 3.56.